The molecular formula is C13H12ClNO. The minimum Gasteiger partial charge on any atom is -0.505 e. The highest BCUT2D eigenvalue weighted by atomic mass is 35.5. The number of allylic oxidation sites excluding steroid dienone is 1. The molecule has 0 bridgehead atoms. The van der Waals surface area contributed by atoms with Crippen molar-refractivity contribution in [3.8, 4) is 5.75 Å². The van der Waals surface area contributed by atoms with Crippen LogP contribution in [0.5, 0.6) is 5.75 Å². The number of phenolic OH excluding ortho intramolecular Hbond substituents is 1. The molecule has 0 saturated carbocycles. The normalized spacial score (nSPS) is 10.6. The molecule has 2 aromatic rings. The first-order valence-electron chi connectivity index (χ1n) is 4.99. The molecule has 1 aromatic carbocycles. The SMILES string of the molecule is C=C(C)Cc1cc(Cl)c2cccnc2c1O. The lowest BCUT2D eigenvalue weighted by atomic mass is 10.0. The molecule has 2 nitrogen and oxygen atoms in total. The van der Waals surface area contributed by atoms with Crippen molar-refractivity contribution in [3.05, 3.63) is 47.1 Å². The van der Waals surface area contributed by atoms with Crippen molar-refractivity contribution >= 4 is 22.5 Å². The van der Waals surface area contributed by atoms with Crippen LogP contribution in [0.2, 0.25) is 5.02 Å². The van der Waals surface area contributed by atoms with E-state index < -0.39 is 0 Å². The second-order valence-corrected chi connectivity index (χ2v) is 4.31. The topological polar surface area (TPSA) is 33.1 Å². The number of phenols is 1. The Morgan fingerprint density at radius 2 is 2.31 bits per heavy atom. The van der Waals surface area contributed by atoms with E-state index >= 15 is 0 Å². The van der Waals surface area contributed by atoms with Crippen LogP contribution < -0.4 is 0 Å². The quantitative estimate of drug-likeness (QED) is 0.803. The summed E-state index contributed by atoms with van der Waals surface area (Å²) < 4.78 is 0. The molecule has 0 unspecified atom stereocenters. The highest BCUT2D eigenvalue weighted by Gasteiger charge is 2.10. The molecule has 16 heavy (non-hydrogen) atoms. The Morgan fingerprint density at radius 1 is 1.56 bits per heavy atom. The summed E-state index contributed by atoms with van der Waals surface area (Å²) >= 11 is 6.14. The molecule has 0 aliphatic carbocycles. The van der Waals surface area contributed by atoms with Crippen LogP contribution in [0.1, 0.15) is 12.5 Å². The number of hydrogen-bond donors (Lipinski definition) is 1. The molecule has 1 N–H and O–H groups in total. The van der Waals surface area contributed by atoms with E-state index in [-0.39, 0.29) is 5.75 Å². The number of pyridine rings is 1. The van der Waals surface area contributed by atoms with Crippen molar-refractivity contribution in [2.24, 2.45) is 0 Å². The predicted molar refractivity (Wildman–Crippen MR) is 66.9 cm³/mol. The van der Waals surface area contributed by atoms with E-state index in [0.717, 1.165) is 16.5 Å². The van der Waals surface area contributed by atoms with Gasteiger partial charge in [0.25, 0.3) is 0 Å². The molecule has 82 valence electrons. The van der Waals surface area contributed by atoms with Crippen LogP contribution in [0.25, 0.3) is 10.9 Å². The first kappa shape index (κ1) is 11.0. The summed E-state index contributed by atoms with van der Waals surface area (Å²) in [6, 6.07) is 5.41. The van der Waals surface area contributed by atoms with Gasteiger partial charge in [0, 0.05) is 17.1 Å². The zero-order valence-corrected chi connectivity index (χ0v) is 9.75. The van der Waals surface area contributed by atoms with Gasteiger partial charge >= 0.3 is 0 Å². The van der Waals surface area contributed by atoms with Gasteiger partial charge in [0.15, 0.2) is 0 Å². The summed E-state index contributed by atoms with van der Waals surface area (Å²) in [5.74, 6) is 0.197. The molecule has 0 aliphatic rings. The number of rotatable bonds is 2. The Bertz CT molecular complexity index is 563. The predicted octanol–water partition coefficient (Wildman–Crippen LogP) is 3.71. The van der Waals surface area contributed by atoms with Crippen molar-refractivity contribution < 1.29 is 5.11 Å². The monoisotopic (exact) mass is 233 g/mol. The zero-order valence-electron chi connectivity index (χ0n) is 9.00. The second kappa shape index (κ2) is 4.14. The third kappa shape index (κ3) is 1.89. The van der Waals surface area contributed by atoms with E-state index in [0.29, 0.717) is 17.0 Å². The number of halogens is 1. The van der Waals surface area contributed by atoms with Gasteiger partial charge in [-0.3, -0.25) is 4.98 Å². The van der Waals surface area contributed by atoms with Crippen LogP contribution in [0.3, 0.4) is 0 Å². The van der Waals surface area contributed by atoms with Crippen molar-refractivity contribution in [1.29, 1.82) is 0 Å². The fourth-order valence-electron chi connectivity index (χ4n) is 1.70. The fraction of sp³-hybridized carbons (Fsp3) is 0.154. The van der Waals surface area contributed by atoms with Crippen LogP contribution in [0.15, 0.2) is 36.5 Å². The smallest absolute Gasteiger partial charge is 0.145 e. The highest BCUT2D eigenvalue weighted by molar-refractivity contribution is 6.35. The van der Waals surface area contributed by atoms with E-state index in [1.54, 1.807) is 18.3 Å². The Hall–Kier alpha value is -1.54. The molecule has 0 fully saturated rings. The molecule has 0 aliphatic heterocycles. The fourth-order valence-corrected chi connectivity index (χ4v) is 1.98. The molecule has 0 amide bonds. The van der Waals surface area contributed by atoms with Gasteiger partial charge in [-0.2, -0.15) is 0 Å². The lowest BCUT2D eigenvalue weighted by Crippen LogP contribution is -1.90. The molecule has 0 spiro atoms. The van der Waals surface area contributed by atoms with Crippen LogP contribution in [0.4, 0.5) is 0 Å². The lowest BCUT2D eigenvalue weighted by Gasteiger charge is -2.08. The van der Waals surface area contributed by atoms with Crippen molar-refractivity contribution in [1.82, 2.24) is 4.98 Å². The van der Waals surface area contributed by atoms with E-state index in [1.807, 2.05) is 13.0 Å². The highest BCUT2D eigenvalue weighted by Crippen LogP contribution is 2.33. The van der Waals surface area contributed by atoms with Crippen molar-refractivity contribution in [2.75, 3.05) is 0 Å². The van der Waals surface area contributed by atoms with E-state index in [9.17, 15) is 5.11 Å². The summed E-state index contributed by atoms with van der Waals surface area (Å²) in [6.07, 6.45) is 2.25. The number of hydrogen-bond acceptors (Lipinski definition) is 2. The molecule has 0 saturated heterocycles. The molecule has 1 heterocycles. The number of nitrogens with zero attached hydrogens (tertiary/aromatic N) is 1. The Morgan fingerprint density at radius 3 is 3.00 bits per heavy atom. The minimum atomic E-state index is 0.197. The summed E-state index contributed by atoms with van der Waals surface area (Å²) in [4.78, 5) is 4.15. The maximum Gasteiger partial charge on any atom is 0.145 e. The van der Waals surface area contributed by atoms with Gasteiger partial charge in [-0.1, -0.05) is 23.8 Å². The van der Waals surface area contributed by atoms with Gasteiger partial charge in [0.05, 0.1) is 5.02 Å². The second-order valence-electron chi connectivity index (χ2n) is 3.90. The summed E-state index contributed by atoms with van der Waals surface area (Å²) in [5.41, 5.74) is 2.29. The maximum atomic E-state index is 10.1. The average molecular weight is 234 g/mol. The molecule has 1 aromatic heterocycles. The summed E-state index contributed by atoms with van der Waals surface area (Å²) in [6.45, 7) is 5.74. The number of benzene rings is 1. The standard InChI is InChI=1S/C13H12ClNO/c1-8(2)6-9-7-11(14)10-4-3-5-15-12(10)13(9)16/h3-5,7,16H,1,6H2,2H3. The van der Waals surface area contributed by atoms with Gasteiger partial charge in [-0.25, -0.2) is 0 Å². The molecule has 2 rings (SSSR count). The maximum absolute atomic E-state index is 10.1. The zero-order chi connectivity index (χ0) is 11.7. The van der Waals surface area contributed by atoms with E-state index in [4.69, 9.17) is 11.6 Å². The van der Waals surface area contributed by atoms with Gasteiger partial charge in [-0.15, -0.1) is 0 Å². The van der Waals surface area contributed by atoms with Crippen LogP contribution in [0, 0.1) is 0 Å². The number of aromatic nitrogens is 1. The van der Waals surface area contributed by atoms with Gasteiger partial charge < -0.3 is 5.11 Å². The van der Waals surface area contributed by atoms with Gasteiger partial charge in [0.1, 0.15) is 11.3 Å². The summed E-state index contributed by atoms with van der Waals surface area (Å²) in [5, 5.41) is 11.4. The molecular weight excluding hydrogens is 222 g/mol. The van der Waals surface area contributed by atoms with Gasteiger partial charge in [0.2, 0.25) is 0 Å². The third-order valence-corrected chi connectivity index (χ3v) is 2.70. The first-order valence-corrected chi connectivity index (χ1v) is 5.37. The van der Waals surface area contributed by atoms with Crippen molar-refractivity contribution in [2.45, 2.75) is 13.3 Å². The van der Waals surface area contributed by atoms with Crippen molar-refractivity contribution in [3.63, 3.8) is 0 Å². The van der Waals surface area contributed by atoms with Gasteiger partial charge in [-0.05, 0) is 31.5 Å². The molecule has 0 radical (unpaired) electrons. The lowest BCUT2D eigenvalue weighted by molar-refractivity contribution is 0.474. The van der Waals surface area contributed by atoms with Crippen LogP contribution >= 0.6 is 11.6 Å². The van der Waals surface area contributed by atoms with E-state index in [1.165, 1.54) is 0 Å². The molecule has 0 atom stereocenters. The minimum absolute atomic E-state index is 0.197. The number of fused-ring (bicyclic) bond motifs is 1. The Kier molecular flexibility index (Phi) is 2.84. The molecule has 3 heteroatoms. The van der Waals surface area contributed by atoms with Crippen LogP contribution in [-0.2, 0) is 6.42 Å². The summed E-state index contributed by atoms with van der Waals surface area (Å²) in [7, 11) is 0. The average Bonchev–Trinajstić information content (AvgIpc) is 2.25. The van der Waals surface area contributed by atoms with E-state index in [2.05, 4.69) is 11.6 Å². The Balaban J connectivity index is 2.70. The van der Waals surface area contributed by atoms with Crippen LogP contribution in [-0.4, -0.2) is 10.1 Å². The number of aromatic hydroxyl groups is 1. The Labute approximate surface area is 99.2 Å². The largest absolute Gasteiger partial charge is 0.505 e. The first-order chi connectivity index (χ1) is 7.59. The third-order valence-electron chi connectivity index (χ3n) is 2.39.